The van der Waals surface area contributed by atoms with Crippen LogP contribution in [0, 0.1) is 0 Å². The molecule has 0 spiro atoms. The highest BCUT2D eigenvalue weighted by Crippen LogP contribution is 2.32. The van der Waals surface area contributed by atoms with Gasteiger partial charge in [-0.25, -0.2) is 26.3 Å². The summed E-state index contributed by atoms with van der Waals surface area (Å²) in [4.78, 5) is 8.15. The minimum Gasteiger partial charge on any atom is -0.265 e. The zero-order valence-electron chi connectivity index (χ0n) is 17.9. The van der Waals surface area contributed by atoms with E-state index in [1.165, 1.54) is 49.1 Å². The predicted octanol–water partition coefficient (Wildman–Crippen LogP) is 3.22. The van der Waals surface area contributed by atoms with E-state index in [2.05, 4.69) is 19.4 Å². The molecule has 0 aliphatic carbocycles. The standard InChI is InChI=1S/C24H22N4O4S2/c29-33(30,21-7-3-1-4-8-21)27-23(19-11-15-25-16-12-19)24(20-13-17-26-18-14-20)28-34(31,32)22-9-5-2-6-10-22/h1-18,23-24,27-28H. The molecule has 2 unspecified atom stereocenters. The Morgan fingerprint density at radius 3 is 1.15 bits per heavy atom. The first-order valence-corrected chi connectivity index (χ1v) is 13.3. The van der Waals surface area contributed by atoms with E-state index in [9.17, 15) is 16.8 Å². The zero-order chi connectivity index (χ0) is 24.0. The molecule has 2 atom stereocenters. The fraction of sp³-hybridized carbons (Fsp3) is 0.0833. The van der Waals surface area contributed by atoms with E-state index in [1.807, 2.05) is 0 Å². The number of hydrogen-bond acceptors (Lipinski definition) is 6. The Balaban J connectivity index is 1.82. The molecule has 10 heteroatoms. The van der Waals surface area contributed by atoms with Gasteiger partial charge in [0, 0.05) is 24.8 Å². The van der Waals surface area contributed by atoms with Gasteiger partial charge in [-0.1, -0.05) is 36.4 Å². The van der Waals surface area contributed by atoms with Gasteiger partial charge in [0.05, 0.1) is 21.9 Å². The van der Waals surface area contributed by atoms with Gasteiger partial charge in [0.1, 0.15) is 0 Å². The van der Waals surface area contributed by atoms with Crippen molar-refractivity contribution in [3.63, 3.8) is 0 Å². The van der Waals surface area contributed by atoms with Gasteiger partial charge < -0.3 is 0 Å². The van der Waals surface area contributed by atoms with Crippen molar-refractivity contribution in [3.05, 3.63) is 121 Å². The highest BCUT2D eigenvalue weighted by atomic mass is 32.2. The molecule has 0 saturated heterocycles. The zero-order valence-corrected chi connectivity index (χ0v) is 19.5. The van der Waals surface area contributed by atoms with E-state index in [4.69, 9.17) is 0 Å². The van der Waals surface area contributed by atoms with Crippen LogP contribution in [0.5, 0.6) is 0 Å². The van der Waals surface area contributed by atoms with Crippen LogP contribution >= 0.6 is 0 Å². The van der Waals surface area contributed by atoms with Crippen molar-refractivity contribution in [1.82, 2.24) is 19.4 Å². The number of hydrogen-bond donors (Lipinski definition) is 2. The molecule has 4 rings (SSSR count). The Labute approximate surface area is 198 Å². The third-order valence-corrected chi connectivity index (χ3v) is 8.05. The van der Waals surface area contributed by atoms with Crippen molar-refractivity contribution in [3.8, 4) is 0 Å². The summed E-state index contributed by atoms with van der Waals surface area (Å²) in [7, 11) is -8.00. The summed E-state index contributed by atoms with van der Waals surface area (Å²) in [5.74, 6) is 0. The van der Waals surface area contributed by atoms with Crippen LogP contribution in [0.3, 0.4) is 0 Å². The minimum absolute atomic E-state index is 0.0634. The monoisotopic (exact) mass is 494 g/mol. The van der Waals surface area contributed by atoms with Crippen LogP contribution < -0.4 is 9.44 Å². The van der Waals surface area contributed by atoms with Gasteiger partial charge >= 0.3 is 0 Å². The van der Waals surface area contributed by atoms with E-state index in [-0.39, 0.29) is 9.79 Å². The molecule has 34 heavy (non-hydrogen) atoms. The maximum Gasteiger partial charge on any atom is 0.241 e. The van der Waals surface area contributed by atoms with E-state index < -0.39 is 32.1 Å². The van der Waals surface area contributed by atoms with Crippen LogP contribution in [-0.4, -0.2) is 26.8 Å². The van der Waals surface area contributed by atoms with Crippen molar-refractivity contribution in [2.24, 2.45) is 0 Å². The van der Waals surface area contributed by atoms with Crippen molar-refractivity contribution in [2.45, 2.75) is 21.9 Å². The first-order valence-electron chi connectivity index (χ1n) is 10.3. The summed E-state index contributed by atoms with van der Waals surface area (Å²) in [6.07, 6.45) is 6.09. The average Bonchev–Trinajstić information content (AvgIpc) is 2.88. The van der Waals surface area contributed by atoms with Crippen LogP contribution in [-0.2, 0) is 20.0 Å². The molecule has 4 aromatic rings. The van der Waals surface area contributed by atoms with Gasteiger partial charge in [-0.15, -0.1) is 0 Å². The molecule has 2 N–H and O–H groups in total. The van der Waals surface area contributed by atoms with Crippen molar-refractivity contribution < 1.29 is 16.8 Å². The van der Waals surface area contributed by atoms with E-state index >= 15 is 0 Å². The number of sulfonamides is 2. The van der Waals surface area contributed by atoms with Crippen molar-refractivity contribution in [1.29, 1.82) is 0 Å². The molecular formula is C24H22N4O4S2. The van der Waals surface area contributed by atoms with Gasteiger partial charge in [0.25, 0.3) is 0 Å². The van der Waals surface area contributed by atoms with Crippen molar-refractivity contribution >= 4 is 20.0 Å². The molecule has 2 aromatic carbocycles. The quantitative estimate of drug-likeness (QED) is 0.369. The molecule has 2 aromatic heterocycles. The highest BCUT2D eigenvalue weighted by Gasteiger charge is 2.33. The second-order valence-corrected chi connectivity index (χ2v) is 10.8. The van der Waals surface area contributed by atoms with E-state index in [1.54, 1.807) is 60.7 Å². The Hall–Kier alpha value is -3.44. The van der Waals surface area contributed by atoms with Gasteiger partial charge in [-0.05, 0) is 59.7 Å². The number of pyridine rings is 2. The SMILES string of the molecule is O=S(=O)(NC(c1ccncc1)C(NS(=O)(=O)c1ccccc1)c1ccncc1)c1ccccc1. The van der Waals surface area contributed by atoms with Crippen molar-refractivity contribution in [2.75, 3.05) is 0 Å². The normalized spacial score (nSPS) is 13.8. The number of rotatable bonds is 9. The molecule has 0 amide bonds. The van der Waals surface area contributed by atoms with Gasteiger partial charge in [-0.2, -0.15) is 0 Å². The highest BCUT2D eigenvalue weighted by molar-refractivity contribution is 7.90. The Bertz CT molecular complexity index is 1310. The fourth-order valence-corrected chi connectivity index (χ4v) is 5.98. The Morgan fingerprint density at radius 2 is 0.824 bits per heavy atom. The van der Waals surface area contributed by atoms with Gasteiger partial charge in [0.15, 0.2) is 0 Å². The maximum absolute atomic E-state index is 13.3. The average molecular weight is 495 g/mol. The molecule has 0 aliphatic heterocycles. The molecular weight excluding hydrogens is 472 g/mol. The second kappa shape index (κ2) is 10.2. The van der Waals surface area contributed by atoms with Gasteiger partial charge in [0.2, 0.25) is 20.0 Å². The molecule has 8 nitrogen and oxygen atoms in total. The van der Waals surface area contributed by atoms with Crippen LogP contribution in [0.4, 0.5) is 0 Å². The summed E-state index contributed by atoms with van der Waals surface area (Å²) in [6.45, 7) is 0. The van der Waals surface area contributed by atoms with E-state index in [0.717, 1.165) is 0 Å². The van der Waals surface area contributed by atoms with Crippen LogP contribution in [0.1, 0.15) is 23.2 Å². The Kier molecular flexibility index (Phi) is 7.13. The summed E-state index contributed by atoms with van der Waals surface area (Å²) in [6, 6.07) is 20.4. The largest absolute Gasteiger partial charge is 0.265 e. The molecule has 174 valence electrons. The maximum atomic E-state index is 13.3. The Morgan fingerprint density at radius 1 is 0.500 bits per heavy atom. The van der Waals surface area contributed by atoms with Crippen LogP contribution in [0.25, 0.3) is 0 Å². The summed E-state index contributed by atoms with van der Waals surface area (Å²) in [5.41, 5.74) is 1.07. The lowest BCUT2D eigenvalue weighted by Gasteiger charge is -2.29. The molecule has 0 radical (unpaired) electrons. The predicted molar refractivity (Wildman–Crippen MR) is 127 cm³/mol. The fourth-order valence-electron chi connectivity index (χ4n) is 3.47. The third kappa shape index (κ3) is 5.54. The van der Waals surface area contributed by atoms with Crippen LogP contribution in [0.15, 0.2) is 120 Å². The van der Waals surface area contributed by atoms with E-state index in [0.29, 0.717) is 11.1 Å². The number of aromatic nitrogens is 2. The van der Waals surface area contributed by atoms with Crippen LogP contribution in [0.2, 0.25) is 0 Å². The summed E-state index contributed by atoms with van der Waals surface area (Å²) < 4.78 is 58.5. The molecule has 2 heterocycles. The first-order chi connectivity index (χ1) is 16.4. The molecule has 0 bridgehead atoms. The first kappa shape index (κ1) is 23.7. The molecule has 0 fully saturated rings. The number of benzene rings is 2. The lowest BCUT2D eigenvalue weighted by Crippen LogP contribution is -2.40. The smallest absolute Gasteiger partial charge is 0.241 e. The minimum atomic E-state index is -4.00. The lowest BCUT2D eigenvalue weighted by molar-refractivity contribution is 0.466. The van der Waals surface area contributed by atoms with Gasteiger partial charge in [-0.3, -0.25) is 9.97 Å². The third-order valence-electron chi connectivity index (χ3n) is 5.14. The summed E-state index contributed by atoms with van der Waals surface area (Å²) in [5, 5.41) is 0. The molecule has 0 saturated carbocycles. The second-order valence-electron chi connectivity index (χ2n) is 7.39. The lowest BCUT2D eigenvalue weighted by atomic mass is 9.96. The topological polar surface area (TPSA) is 118 Å². The number of nitrogens with zero attached hydrogens (tertiary/aromatic N) is 2. The summed E-state index contributed by atoms with van der Waals surface area (Å²) >= 11 is 0. The molecule has 0 aliphatic rings. The number of nitrogens with one attached hydrogen (secondary N) is 2.